The number of halogens is 3. The maximum Gasteiger partial charge on any atom is 0.420 e. The molecule has 1 aromatic rings. The Morgan fingerprint density at radius 1 is 1.15 bits per heavy atom. The average Bonchev–Trinajstić information content (AvgIpc) is 1.94. The summed E-state index contributed by atoms with van der Waals surface area (Å²) in [5.41, 5.74) is -1.22. The average molecular weight is 192 g/mol. The summed E-state index contributed by atoms with van der Waals surface area (Å²) >= 11 is 0. The summed E-state index contributed by atoms with van der Waals surface area (Å²) in [5.74, 6) is -1.35. The third kappa shape index (κ3) is 1.85. The Morgan fingerprint density at radius 2 is 1.69 bits per heavy atom. The van der Waals surface area contributed by atoms with Crippen molar-refractivity contribution in [2.24, 2.45) is 0 Å². The van der Waals surface area contributed by atoms with Crippen LogP contribution in [0.15, 0.2) is 12.1 Å². The second kappa shape index (κ2) is 2.83. The van der Waals surface area contributed by atoms with Gasteiger partial charge in [-0.15, -0.1) is 0 Å². The van der Waals surface area contributed by atoms with Crippen molar-refractivity contribution in [3.05, 3.63) is 23.3 Å². The molecule has 0 aliphatic rings. The number of hydrogen-bond acceptors (Lipinski definition) is 2. The molecule has 2 N–H and O–H groups in total. The third-order valence-corrected chi connectivity index (χ3v) is 1.59. The molecule has 0 heterocycles. The molecule has 0 spiro atoms. The second-order valence-electron chi connectivity index (χ2n) is 2.66. The fraction of sp³-hybridized carbons (Fsp3) is 0.250. The minimum absolute atomic E-state index is 0.00711. The highest BCUT2D eigenvalue weighted by Gasteiger charge is 2.34. The Labute approximate surface area is 72.2 Å². The van der Waals surface area contributed by atoms with E-state index < -0.39 is 23.2 Å². The topological polar surface area (TPSA) is 40.5 Å². The molecule has 0 radical (unpaired) electrons. The highest BCUT2D eigenvalue weighted by molar-refractivity contribution is 5.46. The summed E-state index contributed by atoms with van der Waals surface area (Å²) in [7, 11) is 0. The standard InChI is InChI=1S/C8H7F3O2/c1-4-2-5(12)3-6(7(4)13)8(9,10)11/h2-3,12-13H,1H3. The molecule has 0 saturated carbocycles. The molecule has 0 amide bonds. The van der Waals surface area contributed by atoms with Crippen LogP contribution in [0.2, 0.25) is 0 Å². The van der Waals surface area contributed by atoms with Gasteiger partial charge in [0.15, 0.2) is 0 Å². The van der Waals surface area contributed by atoms with Crippen molar-refractivity contribution < 1.29 is 23.4 Å². The lowest BCUT2D eigenvalue weighted by Crippen LogP contribution is -2.05. The summed E-state index contributed by atoms with van der Waals surface area (Å²) in [6.45, 7) is 1.28. The van der Waals surface area contributed by atoms with E-state index in [2.05, 4.69) is 0 Å². The van der Waals surface area contributed by atoms with Crippen LogP contribution in [0.4, 0.5) is 13.2 Å². The Hall–Kier alpha value is -1.39. The molecule has 0 atom stereocenters. The van der Waals surface area contributed by atoms with Crippen LogP contribution in [0.5, 0.6) is 11.5 Å². The van der Waals surface area contributed by atoms with Gasteiger partial charge in [0.05, 0.1) is 0 Å². The van der Waals surface area contributed by atoms with E-state index in [0.717, 1.165) is 6.07 Å². The predicted molar refractivity (Wildman–Crippen MR) is 39.5 cm³/mol. The molecule has 72 valence electrons. The van der Waals surface area contributed by atoms with Crippen LogP contribution >= 0.6 is 0 Å². The number of hydrogen-bond donors (Lipinski definition) is 2. The van der Waals surface area contributed by atoms with Gasteiger partial charge in [-0.3, -0.25) is 0 Å². The SMILES string of the molecule is Cc1cc(O)cc(C(F)(F)F)c1O. The van der Waals surface area contributed by atoms with Gasteiger partial charge in [-0.2, -0.15) is 13.2 Å². The minimum Gasteiger partial charge on any atom is -0.508 e. The zero-order valence-corrected chi connectivity index (χ0v) is 6.68. The number of phenolic OH excluding ortho intramolecular Hbond substituents is 2. The van der Waals surface area contributed by atoms with Gasteiger partial charge in [-0.25, -0.2) is 0 Å². The first-order valence-electron chi connectivity index (χ1n) is 3.42. The number of benzene rings is 1. The van der Waals surface area contributed by atoms with Gasteiger partial charge in [0.2, 0.25) is 0 Å². The summed E-state index contributed by atoms with van der Waals surface area (Å²) < 4.78 is 36.4. The first-order valence-corrected chi connectivity index (χ1v) is 3.42. The Morgan fingerprint density at radius 3 is 2.15 bits per heavy atom. The summed E-state index contributed by atoms with van der Waals surface area (Å²) in [5, 5.41) is 17.9. The Kier molecular flexibility index (Phi) is 2.11. The second-order valence-corrected chi connectivity index (χ2v) is 2.66. The van der Waals surface area contributed by atoms with E-state index in [-0.39, 0.29) is 5.56 Å². The van der Waals surface area contributed by atoms with Gasteiger partial charge in [-0.05, 0) is 24.6 Å². The smallest absolute Gasteiger partial charge is 0.420 e. The van der Waals surface area contributed by atoms with Crippen LogP contribution in [-0.4, -0.2) is 10.2 Å². The number of phenols is 2. The predicted octanol–water partition coefficient (Wildman–Crippen LogP) is 2.43. The lowest BCUT2D eigenvalue weighted by Gasteiger charge is -2.10. The first-order chi connectivity index (χ1) is 5.82. The quantitative estimate of drug-likeness (QED) is 0.619. The van der Waals surface area contributed by atoms with Crippen molar-refractivity contribution in [2.75, 3.05) is 0 Å². The van der Waals surface area contributed by atoms with E-state index in [4.69, 9.17) is 10.2 Å². The van der Waals surface area contributed by atoms with E-state index in [1.807, 2.05) is 0 Å². The van der Waals surface area contributed by atoms with Crippen molar-refractivity contribution in [2.45, 2.75) is 13.1 Å². The maximum atomic E-state index is 12.1. The molecular weight excluding hydrogens is 185 g/mol. The van der Waals surface area contributed by atoms with E-state index in [9.17, 15) is 13.2 Å². The molecule has 2 nitrogen and oxygen atoms in total. The highest BCUT2D eigenvalue weighted by Crippen LogP contribution is 2.39. The van der Waals surface area contributed by atoms with Crippen LogP contribution in [0.25, 0.3) is 0 Å². The zero-order valence-electron chi connectivity index (χ0n) is 6.68. The molecule has 0 unspecified atom stereocenters. The largest absolute Gasteiger partial charge is 0.508 e. The molecule has 0 fully saturated rings. The number of aromatic hydroxyl groups is 2. The number of alkyl halides is 3. The summed E-state index contributed by atoms with van der Waals surface area (Å²) in [6.07, 6.45) is -4.65. The minimum atomic E-state index is -4.65. The van der Waals surface area contributed by atoms with E-state index >= 15 is 0 Å². The van der Waals surface area contributed by atoms with Crippen molar-refractivity contribution in [3.63, 3.8) is 0 Å². The zero-order chi connectivity index (χ0) is 10.2. The van der Waals surface area contributed by atoms with Gasteiger partial charge >= 0.3 is 6.18 Å². The molecule has 1 rings (SSSR count). The molecule has 1 aromatic carbocycles. The van der Waals surface area contributed by atoms with Gasteiger partial charge in [-0.1, -0.05) is 0 Å². The Balaban J connectivity index is 3.37. The molecule has 0 aromatic heterocycles. The maximum absolute atomic E-state index is 12.1. The van der Waals surface area contributed by atoms with Crippen LogP contribution in [0, 0.1) is 6.92 Å². The van der Waals surface area contributed by atoms with Crippen molar-refractivity contribution in [1.82, 2.24) is 0 Å². The van der Waals surface area contributed by atoms with Crippen LogP contribution in [0.3, 0.4) is 0 Å². The molecule has 0 bridgehead atoms. The van der Waals surface area contributed by atoms with Gasteiger partial charge in [0, 0.05) is 0 Å². The molecular formula is C8H7F3O2. The van der Waals surface area contributed by atoms with Crippen molar-refractivity contribution in [1.29, 1.82) is 0 Å². The fourth-order valence-electron chi connectivity index (χ4n) is 0.977. The lowest BCUT2D eigenvalue weighted by molar-refractivity contribution is -0.138. The first kappa shape index (κ1) is 9.70. The summed E-state index contributed by atoms with van der Waals surface area (Å²) in [6, 6.07) is 1.55. The Bertz CT molecular complexity index is 331. The normalized spacial score (nSPS) is 11.7. The van der Waals surface area contributed by atoms with E-state index in [1.165, 1.54) is 6.92 Å². The number of aryl methyl sites for hydroxylation is 1. The van der Waals surface area contributed by atoms with Crippen molar-refractivity contribution in [3.8, 4) is 11.5 Å². The molecule has 13 heavy (non-hydrogen) atoms. The summed E-state index contributed by atoms with van der Waals surface area (Å²) in [4.78, 5) is 0. The molecule has 0 aliphatic heterocycles. The molecule has 5 heteroatoms. The monoisotopic (exact) mass is 192 g/mol. The van der Waals surface area contributed by atoms with Crippen LogP contribution in [-0.2, 0) is 6.18 Å². The van der Waals surface area contributed by atoms with Gasteiger partial charge in [0.25, 0.3) is 0 Å². The third-order valence-electron chi connectivity index (χ3n) is 1.59. The molecule has 0 saturated heterocycles. The van der Waals surface area contributed by atoms with Gasteiger partial charge < -0.3 is 10.2 Å². The highest BCUT2D eigenvalue weighted by atomic mass is 19.4. The van der Waals surface area contributed by atoms with Crippen LogP contribution < -0.4 is 0 Å². The fourth-order valence-corrected chi connectivity index (χ4v) is 0.977. The van der Waals surface area contributed by atoms with Crippen molar-refractivity contribution >= 4 is 0 Å². The van der Waals surface area contributed by atoms with Crippen LogP contribution in [0.1, 0.15) is 11.1 Å². The van der Waals surface area contributed by atoms with E-state index in [1.54, 1.807) is 0 Å². The lowest BCUT2D eigenvalue weighted by atomic mass is 10.1. The number of rotatable bonds is 0. The molecule has 0 aliphatic carbocycles. The van der Waals surface area contributed by atoms with E-state index in [0.29, 0.717) is 6.07 Å². The van der Waals surface area contributed by atoms with Gasteiger partial charge in [0.1, 0.15) is 17.1 Å².